The number of aromatic amines is 1. The number of benzene rings is 2. The first-order valence-corrected chi connectivity index (χ1v) is 13.0. The fraction of sp³-hybridized carbons (Fsp3) is 0.391. The van der Waals surface area contributed by atoms with Crippen molar-refractivity contribution >= 4 is 56.9 Å². The minimum Gasteiger partial charge on any atom is -0.338 e. The summed E-state index contributed by atoms with van der Waals surface area (Å²) in [6.45, 7) is 1.92. The number of hydrogen-bond donors (Lipinski definition) is 1. The molecular formula is C23H24Cl2N4O2S. The van der Waals surface area contributed by atoms with E-state index in [0.717, 1.165) is 22.5 Å². The van der Waals surface area contributed by atoms with Gasteiger partial charge in [-0.05, 0) is 30.5 Å². The van der Waals surface area contributed by atoms with Crippen LogP contribution in [-0.4, -0.2) is 56.1 Å². The van der Waals surface area contributed by atoms with Gasteiger partial charge in [0.2, 0.25) is 11.9 Å². The van der Waals surface area contributed by atoms with Crippen LogP contribution in [0.15, 0.2) is 42.5 Å². The summed E-state index contributed by atoms with van der Waals surface area (Å²) in [6, 6.07) is 13.6. The van der Waals surface area contributed by atoms with Gasteiger partial charge in [0.1, 0.15) is 0 Å². The van der Waals surface area contributed by atoms with Gasteiger partial charge in [0, 0.05) is 47.9 Å². The molecule has 0 radical (unpaired) electrons. The number of rotatable bonds is 3. The second-order valence-corrected chi connectivity index (χ2v) is 10.9. The van der Waals surface area contributed by atoms with E-state index in [-0.39, 0.29) is 17.9 Å². The molecule has 168 valence electrons. The lowest BCUT2D eigenvalue weighted by Gasteiger charge is -2.43. The molecule has 3 aromatic rings. The van der Waals surface area contributed by atoms with Crippen LogP contribution < -0.4 is 4.90 Å². The standard InChI is InChI=1S/C23H24Cl2N4O2S/c24-17-12-19-20(13-18(17)25)27-23(26-19)28-8-9-29(21(14-28)15-4-2-1-3-5-15)22(30)16-6-10-32(31)11-7-16/h1-5,12-13,16,21H,6-11,14H2,(H,26,27). The average molecular weight is 491 g/mol. The van der Waals surface area contributed by atoms with Crippen LogP contribution in [0.5, 0.6) is 0 Å². The summed E-state index contributed by atoms with van der Waals surface area (Å²) in [5.41, 5.74) is 2.70. The largest absolute Gasteiger partial charge is 0.338 e. The van der Waals surface area contributed by atoms with Crippen LogP contribution in [0.1, 0.15) is 24.4 Å². The Morgan fingerprint density at radius 1 is 1.06 bits per heavy atom. The maximum atomic E-state index is 13.5. The summed E-state index contributed by atoms with van der Waals surface area (Å²) >= 11 is 12.3. The number of amides is 1. The van der Waals surface area contributed by atoms with E-state index in [1.165, 1.54) is 0 Å². The highest BCUT2D eigenvalue weighted by Gasteiger charge is 2.36. The van der Waals surface area contributed by atoms with Crippen molar-refractivity contribution in [3.63, 3.8) is 0 Å². The average Bonchev–Trinajstić information content (AvgIpc) is 3.22. The van der Waals surface area contributed by atoms with Crippen LogP contribution >= 0.6 is 23.2 Å². The topological polar surface area (TPSA) is 69.3 Å². The molecule has 2 fully saturated rings. The molecule has 2 saturated heterocycles. The third-order valence-electron chi connectivity index (χ3n) is 6.40. The Labute approximate surface area is 199 Å². The van der Waals surface area contributed by atoms with Crippen LogP contribution in [0.2, 0.25) is 10.0 Å². The van der Waals surface area contributed by atoms with E-state index in [4.69, 9.17) is 28.2 Å². The fourth-order valence-electron chi connectivity index (χ4n) is 4.62. The molecule has 1 aromatic heterocycles. The fourth-order valence-corrected chi connectivity index (χ4v) is 6.24. The highest BCUT2D eigenvalue weighted by Crippen LogP contribution is 2.33. The Balaban J connectivity index is 1.42. The van der Waals surface area contributed by atoms with Crippen molar-refractivity contribution < 1.29 is 9.00 Å². The van der Waals surface area contributed by atoms with Gasteiger partial charge in [0.25, 0.3) is 0 Å². The number of halogens is 2. The lowest BCUT2D eigenvalue weighted by molar-refractivity contribution is -0.138. The number of carbonyl (C=O) groups excluding carboxylic acids is 1. The number of hydrogen-bond acceptors (Lipinski definition) is 4. The molecule has 5 rings (SSSR count). The van der Waals surface area contributed by atoms with E-state index in [2.05, 4.69) is 22.0 Å². The Kier molecular flexibility index (Phi) is 6.14. The van der Waals surface area contributed by atoms with Crippen molar-refractivity contribution in [2.75, 3.05) is 36.0 Å². The normalized spacial score (nSPS) is 24.1. The molecule has 1 amide bonds. The zero-order valence-corrected chi connectivity index (χ0v) is 19.8. The van der Waals surface area contributed by atoms with E-state index in [1.54, 1.807) is 12.1 Å². The molecule has 0 aliphatic carbocycles. The lowest BCUT2D eigenvalue weighted by Crippen LogP contribution is -2.53. The van der Waals surface area contributed by atoms with Crippen LogP contribution in [-0.2, 0) is 15.6 Å². The predicted octanol–water partition coefficient (Wildman–Crippen LogP) is 4.42. The molecule has 0 bridgehead atoms. The van der Waals surface area contributed by atoms with Gasteiger partial charge in [-0.15, -0.1) is 0 Å². The van der Waals surface area contributed by atoms with Gasteiger partial charge in [-0.1, -0.05) is 53.5 Å². The molecule has 0 spiro atoms. The molecule has 32 heavy (non-hydrogen) atoms. The Bertz CT molecular complexity index is 1120. The number of carbonyl (C=O) groups is 1. The molecule has 2 aliphatic heterocycles. The van der Waals surface area contributed by atoms with Gasteiger partial charge >= 0.3 is 0 Å². The van der Waals surface area contributed by atoms with Crippen LogP contribution in [0, 0.1) is 5.92 Å². The van der Waals surface area contributed by atoms with E-state index < -0.39 is 10.8 Å². The molecule has 1 N–H and O–H groups in total. The van der Waals surface area contributed by atoms with Crippen LogP contribution in [0.4, 0.5) is 5.95 Å². The summed E-state index contributed by atoms with van der Waals surface area (Å²) in [6.07, 6.45) is 1.41. The number of aromatic nitrogens is 2. The number of fused-ring (bicyclic) bond motifs is 1. The summed E-state index contributed by atoms with van der Waals surface area (Å²) in [4.78, 5) is 25.7. The number of nitrogens with zero attached hydrogens (tertiary/aromatic N) is 3. The number of H-pyrrole nitrogens is 1. The van der Waals surface area contributed by atoms with E-state index in [0.29, 0.717) is 54.0 Å². The van der Waals surface area contributed by atoms with E-state index >= 15 is 0 Å². The van der Waals surface area contributed by atoms with Gasteiger partial charge in [0.15, 0.2) is 0 Å². The van der Waals surface area contributed by atoms with Crippen molar-refractivity contribution in [2.45, 2.75) is 18.9 Å². The van der Waals surface area contributed by atoms with E-state index in [1.807, 2.05) is 23.1 Å². The first kappa shape index (κ1) is 21.7. The zero-order valence-electron chi connectivity index (χ0n) is 17.5. The zero-order chi connectivity index (χ0) is 22.2. The van der Waals surface area contributed by atoms with Crippen molar-refractivity contribution in [3.05, 3.63) is 58.1 Å². The minimum atomic E-state index is -0.779. The number of anilines is 1. The monoisotopic (exact) mass is 490 g/mol. The van der Waals surface area contributed by atoms with Crippen LogP contribution in [0.25, 0.3) is 11.0 Å². The van der Waals surface area contributed by atoms with Gasteiger partial charge in [-0.2, -0.15) is 0 Å². The Morgan fingerprint density at radius 2 is 1.78 bits per heavy atom. The van der Waals surface area contributed by atoms with Crippen molar-refractivity contribution in [2.24, 2.45) is 5.92 Å². The number of imidazole rings is 1. The predicted molar refractivity (Wildman–Crippen MR) is 130 cm³/mol. The summed E-state index contributed by atoms with van der Waals surface area (Å²) < 4.78 is 11.8. The second kappa shape index (κ2) is 9.04. The molecular weight excluding hydrogens is 467 g/mol. The van der Waals surface area contributed by atoms with Crippen LogP contribution in [0.3, 0.4) is 0 Å². The maximum Gasteiger partial charge on any atom is 0.226 e. The molecule has 6 nitrogen and oxygen atoms in total. The van der Waals surface area contributed by atoms with Gasteiger partial charge in [-0.25, -0.2) is 4.98 Å². The molecule has 2 aliphatic rings. The highest BCUT2D eigenvalue weighted by molar-refractivity contribution is 7.85. The number of nitrogens with one attached hydrogen (secondary N) is 1. The molecule has 9 heteroatoms. The van der Waals surface area contributed by atoms with Gasteiger partial charge < -0.3 is 14.8 Å². The molecule has 1 atom stereocenters. The first-order valence-electron chi connectivity index (χ1n) is 10.8. The molecule has 2 aromatic carbocycles. The molecule has 1 unspecified atom stereocenters. The summed E-state index contributed by atoms with van der Waals surface area (Å²) in [5, 5.41) is 0.962. The smallest absolute Gasteiger partial charge is 0.226 e. The van der Waals surface area contributed by atoms with Crippen molar-refractivity contribution in [1.82, 2.24) is 14.9 Å². The maximum absolute atomic E-state index is 13.5. The Hall–Kier alpha value is -2.09. The van der Waals surface area contributed by atoms with Gasteiger partial charge in [0.05, 0.1) is 27.1 Å². The summed E-state index contributed by atoms with van der Waals surface area (Å²) in [5.74, 6) is 2.13. The van der Waals surface area contributed by atoms with Gasteiger partial charge in [-0.3, -0.25) is 9.00 Å². The van der Waals surface area contributed by atoms with E-state index in [9.17, 15) is 9.00 Å². The third kappa shape index (κ3) is 4.26. The van der Waals surface area contributed by atoms with Crippen molar-refractivity contribution in [1.29, 1.82) is 0 Å². The quantitative estimate of drug-likeness (QED) is 0.589. The summed E-state index contributed by atoms with van der Waals surface area (Å²) in [7, 11) is -0.779. The molecule has 0 saturated carbocycles. The van der Waals surface area contributed by atoms with Crippen molar-refractivity contribution in [3.8, 4) is 0 Å². The Morgan fingerprint density at radius 3 is 2.53 bits per heavy atom. The third-order valence-corrected chi connectivity index (χ3v) is 8.50. The second-order valence-electron chi connectivity index (χ2n) is 8.37. The SMILES string of the molecule is O=C(C1CCS(=O)CC1)N1CCN(c2nc3cc(Cl)c(Cl)cc3[nH]2)CC1c1ccccc1. The minimum absolute atomic E-state index is 0.0408. The number of piperazine rings is 1. The highest BCUT2D eigenvalue weighted by atomic mass is 35.5. The first-order chi connectivity index (χ1) is 15.5. The lowest BCUT2D eigenvalue weighted by atomic mass is 9.96. The molecule has 3 heterocycles.